The van der Waals surface area contributed by atoms with Crippen LogP contribution < -0.4 is 5.32 Å². The van der Waals surface area contributed by atoms with E-state index in [1.165, 1.54) is 32.8 Å². The lowest BCUT2D eigenvalue weighted by atomic mass is 9.75. The van der Waals surface area contributed by atoms with Crippen LogP contribution in [0.1, 0.15) is 55.8 Å². The van der Waals surface area contributed by atoms with Gasteiger partial charge in [-0.25, -0.2) is 4.79 Å². The molecule has 1 aromatic rings. The molecule has 1 heterocycles. The molecule has 19 heavy (non-hydrogen) atoms. The van der Waals surface area contributed by atoms with Crippen molar-refractivity contribution in [1.29, 1.82) is 0 Å². The Kier molecular flexibility index (Phi) is 4.30. The third kappa shape index (κ3) is 3.83. The summed E-state index contributed by atoms with van der Waals surface area (Å²) in [6.07, 6.45) is 4.99. The fraction of sp³-hybridized carbons (Fsp3) is 0.667. The van der Waals surface area contributed by atoms with Gasteiger partial charge in [-0.1, -0.05) is 20.3 Å². The van der Waals surface area contributed by atoms with Crippen molar-refractivity contribution in [2.24, 2.45) is 5.41 Å². The molecule has 0 saturated heterocycles. The molecule has 0 amide bonds. The van der Waals surface area contributed by atoms with E-state index in [0.717, 1.165) is 5.76 Å². The first kappa shape index (κ1) is 14.1. The van der Waals surface area contributed by atoms with E-state index in [2.05, 4.69) is 23.9 Å². The van der Waals surface area contributed by atoms with Crippen molar-refractivity contribution in [3.05, 3.63) is 23.7 Å². The predicted molar refractivity (Wildman–Crippen MR) is 72.9 cm³/mol. The molecule has 4 nitrogen and oxygen atoms in total. The molecule has 0 aliphatic heterocycles. The van der Waals surface area contributed by atoms with Gasteiger partial charge in [-0.2, -0.15) is 0 Å². The number of carbonyl (C=O) groups is 1. The maximum Gasteiger partial charge on any atom is 0.373 e. The molecule has 1 aliphatic rings. The number of rotatable bonds is 4. The molecule has 1 unspecified atom stereocenters. The second-order valence-electron chi connectivity index (χ2n) is 6.10. The van der Waals surface area contributed by atoms with E-state index >= 15 is 0 Å². The van der Waals surface area contributed by atoms with Crippen LogP contribution in [0, 0.1) is 5.41 Å². The van der Waals surface area contributed by atoms with E-state index in [9.17, 15) is 4.79 Å². The monoisotopic (exact) mass is 265 g/mol. The number of methoxy groups -OCH3 is 1. The number of esters is 1. The molecule has 4 heteroatoms. The van der Waals surface area contributed by atoms with E-state index in [4.69, 9.17) is 4.42 Å². The Morgan fingerprint density at radius 1 is 1.53 bits per heavy atom. The zero-order chi connectivity index (χ0) is 13.9. The smallest absolute Gasteiger partial charge is 0.373 e. The van der Waals surface area contributed by atoms with Crippen LogP contribution >= 0.6 is 0 Å². The summed E-state index contributed by atoms with van der Waals surface area (Å²) in [7, 11) is 1.35. The quantitative estimate of drug-likeness (QED) is 0.850. The van der Waals surface area contributed by atoms with Crippen molar-refractivity contribution in [2.75, 3.05) is 7.11 Å². The highest BCUT2D eigenvalue weighted by Gasteiger charge is 2.27. The topological polar surface area (TPSA) is 51.5 Å². The van der Waals surface area contributed by atoms with Crippen molar-refractivity contribution < 1.29 is 13.9 Å². The number of ether oxygens (including phenoxy) is 1. The molecule has 1 aromatic heterocycles. The molecule has 1 aliphatic carbocycles. The molecule has 2 rings (SSSR count). The Bertz CT molecular complexity index is 436. The Balaban J connectivity index is 1.85. The van der Waals surface area contributed by atoms with Gasteiger partial charge in [0.2, 0.25) is 5.76 Å². The van der Waals surface area contributed by atoms with Crippen LogP contribution in [0.2, 0.25) is 0 Å². The molecule has 1 N–H and O–H groups in total. The van der Waals surface area contributed by atoms with Gasteiger partial charge in [0.1, 0.15) is 5.76 Å². The number of carbonyl (C=O) groups excluding carboxylic acids is 1. The highest BCUT2D eigenvalue weighted by atomic mass is 16.5. The average Bonchev–Trinajstić information content (AvgIpc) is 2.83. The SMILES string of the molecule is COC(=O)c1ccc(CNC2CCCC(C)(C)C2)o1. The van der Waals surface area contributed by atoms with Gasteiger partial charge in [0.15, 0.2) is 0 Å². The van der Waals surface area contributed by atoms with Crippen molar-refractivity contribution in [2.45, 2.75) is 52.1 Å². The summed E-state index contributed by atoms with van der Waals surface area (Å²) in [5.74, 6) is 0.622. The molecule has 0 spiro atoms. The maximum absolute atomic E-state index is 11.3. The van der Waals surface area contributed by atoms with Crippen LogP contribution in [-0.2, 0) is 11.3 Å². The fourth-order valence-electron chi connectivity index (χ4n) is 2.80. The standard InChI is InChI=1S/C15H23NO3/c1-15(2)8-4-5-11(9-15)16-10-12-6-7-13(19-12)14(17)18-3/h6-7,11,16H,4-5,8-10H2,1-3H3. The van der Waals surface area contributed by atoms with Crippen LogP contribution in [0.5, 0.6) is 0 Å². The van der Waals surface area contributed by atoms with Crippen LogP contribution in [-0.4, -0.2) is 19.1 Å². The second-order valence-corrected chi connectivity index (χ2v) is 6.10. The van der Waals surface area contributed by atoms with Crippen molar-refractivity contribution in [3.63, 3.8) is 0 Å². The summed E-state index contributed by atoms with van der Waals surface area (Å²) in [5, 5.41) is 3.52. The number of hydrogen-bond donors (Lipinski definition) is 1. The highest BCUT2D eigenvalue weighted by Crippen LogP contribution is 2.35. The van der Waals surface area contributed by atoms with E-state index in [-0.39, 0.29) is 5.76 Å². The minimum Gasteiger partial charge on any atom is -0.463 e. The molecule has 0 radical (unpaired) electrons. The van der Waals surface area contributed by atoms with Crippen molar-refractivity contribution in [1.82, 2.24) is 5.32 Å². The van der Waals surface area contributed by atoms with E-state index in [1.807, 2.05) is 6.07 Å². The van der Waals surface area contributed by atoms with Gasteiger partial charge in [0.05, 0.1) is 13.7 Å². The van der Waals surface area contributed by atoms with Crippen molar-refractivity contribution in [3.8, 4) is 0 Å². The molecule has 106 valence electrons. The van der Waals surface area contributed by atoms with E-state index < -0.39 is 5.97 Å². The third-order valence-electron chi connectivity index (χ3n) is 3.82. The molecule has 0 bridgehead atoms. The lowest BCUT2D eigenvalue weighted by Crippen LogP contribution is -2.36. The second kappa shape index (κ2) is 5.78. The molecular weight excluding hydrogens is 242 g/mol. The van der Waals surface area contributed by atoms with Gasteiger partial charge in [-0.05, 0) is 36.8 Å². The summed E-state index contributed by atoms with van der Waals surface area (Å²) in [5.41, 5.74) is 0.427. The molecular formula is C15H23NO3. The van der Waals surface area contributed by atoms with Gasteiger partial charge in [0.25, 0.3) is 0 Å². The van der Waals surface area contributed by atoms with Gasteiger partial charge >= 0.3 is 5.97 Å². The molecule has 0 aromatic carbocycles. The summed E-state index contributed by atoms with van der Waals surface area (Å²) in [6, 6.07) is 4.02. The first-order chi connectivity index (χ1) is 9.00. The number of furan rings is 1. The number of hydrogen-bond acceptors (Lipinski definition) is 4. The number of nitrogens with one attached hydrogen (secondary N) is 1. The first-order valence-electron chi connectivity index (χ1n) is 6.90. The molecule has 1 saturated carbocycles. The van der Waals surface area contributed by atoms with Crippen LogP contribution in [0.25, 0.3) is 0 Å². The predicted octanol–water partition coefficient (Wildman–Crippen LogP) is 3.12. The zero-order valence-electron chi connectivity index (χ0n) is 12.0. The highest BCUT2D eigenvalue weighted by molar-refractivity contribution is 5.86. The summed E-state index contributed by atoms with van der Waals surface area (Å²) in [6.45, 7) is 5.31. The Morgan fingerprint density at radius 2 is 2.32 bits per heavy atom. The zero-order valence-corrected chi connectivity index (χ0v) is 12.0. The van der Waals surface area contributed by atoms with Gasteiger partial charge in [0, 0.05) is 6.04 Å². The van der Waals surface area contributed by atoms with E-state index in [0.29, 0.717) is 18.0 Å². The molecule has 1 fully saturated rings. The summed E-state index contributed by atoms with van der Waals surface area (Å²) < 4.78 is 10.1. The van der Waals surface area contributed by atoms with Crippen LogP contribution in [0.4, 0.5) is 0 Å². The van der Waals surface area contributed by atoms with Crippen molar-refractivity contribution >= 4 is 5.97 Å². The summed E-state index contributed by atoms with van der Waals surface area (Å²) >= 11 is 0. The Morgan fingerprint density at radius 3 is 3.00 bits per heavy atom. The lowest BCUT2D eigenvalue weighted by molar-refractivity contribution is 0.0562. The normalized spacial score (nSPS) is 22.2. The molecule has 1 atom stereocenters. The Hall–Kier alpha value is -1.29. The van der Waals surface area contributed by atoms with Gasteiger partial charge in [-0.3, -0.25) is 0 Å². The van der Waals surface area contributed by atoms with Gasteiger partial charge < -0.3 is 14.5 Å². The van der Waals surface area contributed by atoms with E-state index in [1.54, 1.807) is 6.07 Å². The largest absolute Gasteiger partial charge is 0.463 e. The third-order valence-corrected chi connectivity index (χ3v) is 3.82. The van der Waals surface area contributed by atoms with Crippen LogP contribution in [0.15, 0.2) is 16.5 Å². The maximum atomic E-state index is 11.3. The average molecular weight is 265 g/mol. The minimum absolute atomic E-state index is 0.267. The minimum atomic E-state index is -0.426. The van der Waals surface area contributed by atoms with Crippen LogP contribution in [0.3, 0.4) is 0 Å². The first-order valence-corrected chi connectivity index (χ1v) is 6.90. The van der Waals surface area contributed by atoms with Gasteiger partial charge in [-0.15, -0.1) is 0 Å². The lowest BCUT2D eigenvalue weighted by Gasteiger charge is -2.35. The summed E-state index contributed by atoms with van der Waals surface area (Å²) in [4.78, 5) is 11.3. The fourth-order valence-corrected chi connectivity index (χ4v) is 2.80. The Labute approximate surface area is 114 Å².